The summed E-state index contributed by atoms with van der Waals surface area (Å²) in [4.78, 5) is 3.96. The maximum absolute atomic E-state index is 4.92. The standard InChI is InChI=1S/C12H19N5O/c1-12(2,3)17-8-10(7-15-17)6-13-5-4-11-14-9-16-18-11/h7-9,13H,4-6H2,1-3H3. The summed E-state index contributed by atoms with van der Waals surface area (Å²) in [6, 6.07) is 0. The lowest BCUT2D eigenvalue weighted by Gasteiger charge is -2.18. The van der Waals surface area contributed by atoms with Gasteiger partial charge in [0.2, 0.25) is 5.89 Å². The zero-order chi connectivity index (χ0) is 13.0. The molecule has 6 nitrogen and oxygen atoms in total. The Bertz CT molecular complexity index is 469. The lowest BCUT2D eigenvalue weighted by atomic mass is 10.1. The molecule has 0 radical (unpaired) electrons. The van der Waals surface area contributed by atoms with Crippen molar-refractivity contribution >= 4 is 0 Å². The summed E-state index contributed by atoms with van der Waals surface area (Å²) in [6.07, 6.45) is 6.13. The highest BCUT2D eigenvalue weighted by atomic mass is 16.5. The monoisotopic (exact) mass is 249 g/mol. The number of nitrogens with zero attached hydrogens (tertiary/aromatic N) is 4. The van der Waals surface area contributed by atoms with Crippen molar-refractivity contribution in [3.63, 3.8) is 0 Å². The van der Waals surface area contributed by atoms with Crippen LogP contribution in [-0.4, -0.2) is 26.5 Å². The molecule has 0 amide bonds. The molecule has 2 aromatic heterocycles. The minimum atomic E-state index is 0.0298. The van der Waals surface area contributed by atoms with Gasteiger partial charge in [0.25, 0.3) is 0 Å². The molecule has 0 aliphatic heterocycles. The van der Waals surface area contributed by atoms with Crippen LogP contribution in [-0.2, 0) is 18.5 Å². The second kappa shape index (κ2) is 5.30. The predicted molar refractivity (Wildman–Crippen MR) is 66.9 cm³/mol. The van der Waals surface area contributed by atoms with Crippen molar-refractivity contribution in [2.45, 2.75) is 39.3 Å². The van der Waals surface area contributed by atoms with Gasteiger partial charge in [-0.2, -0.15) is 10.1 Å². The predicted octanol–water partition coefficient (Wildman–Crippen LogP) is 1.35. The molecule has 2 rings (SSSR count). The molecule has 98 valence electrons. The Morgan fingerprint density at radius 1 is 1.39 bits per heavy atom. The number of hydrogen-bond donors (Lipinski definition) is 1. The van der Waals surface area contributed by atoms with E-state index in [0.717, 1.165) is 19.5 Å². The van der Waals surface area contributed by atoms with Gasteiger partial charge in [0.05, 0.1) is 11.7 Å². The van der Waals surface area contributed by atoms with Crippen molar-refractivity contribution in [2.24, 2.45) is 0 Å². The fraction of sp³-hybridized carbons (Fsp3) is 0.583. The van der Waals surface area contributed by atoms with E-state index in [4.69, 9.17) is 4.52 Å². The molecule has 0 spiro atoms. The van der Waals surface area contributed by atoms with Crippen molar-refractivity contribution in [1.82, 2.24) is 25.2 Å². The maximum Gasteiger partial charge on any atom is 0.227 e. The summed E-state index contributed by atoms with van der Waals surface area (Å²) in [7, 11) is 0. The van der Waals surface area contributed by atoms with Crippen LogP contribution >= 0.6 is 0 Å². The molecule has 0 aromatic carbocycles. The highest BCUT2D eigenvalue weighted by Gasteiger charge is 2.13. The summed E-state index contributed by atoms with van der Waals surface area (Å²) in [5, 5.41) is 11.2. The Morgan fingerprint density at radius 2 is 2.22 bits per heavy atom. The zero-order valence-electron chi connectivity index (χ0n) is 11.1. The molecule has 0 atom stereocenters. The van der Waals surface area contributed by atoms with Crippen molar-refractivity contribution in [2.75, 3.05) is 6.54 Å². The van der Waals surface area contributed by atoms with E-state index in [0.29, 0.717) is 5.89 Å². The van der Waals surface area contributed by atoms with E-state index in [1.807, 2.05) is 10.9 Å². The number of hydrogen-bond acceptors (Lipinski definition) is 5. The first-order chi connectivity index (χ1) is 8.55. The SMILES string of the molecule is CC(C)(C)n1cc(CNCCc2ncno2)cn1. The maximum atomic E-state index is 4.92. The summed E-state index contributed by atoms with van der Waals surface area (Å²) >= 11 is 0. The molecule has 0 saturated carbocycles. The van der Waals surface area contributed by atoms with Crippen LogP contribution in [0.5, 0.6) is 0 Å². The number of nitrogens with one attached hydrogen (secondary N) is 1. The fourth-order valence-electron chi connectivity index (χ4n) is 1.55. The summed E-state index contributed by atoms with van der Waals surface area (Å²) < 4.78 is 6.89. The molecule has 0 saturated heterocycles. The van der Waals surface area contributed by atoms with Crippen LogP contribution < -0.4 is 5.32 Å². The molecule has 0 bridgehead atoms. The van der Waals surface area contributed by atoms with Gasteiger partial charge in [-0.15, -0.1) is 0 Å². The molecule has 2 aromatic rings. The molecular formula is C12H19N5O. The van der Waals surface area contributed by atoms with E-state index in [1.165, 1.54) is 11.9 Å². The van der Waals surface area contributed by atoms with Crippen LogP contribution in [0.25, 0.3) is 0 Å². The van der Waals surface area contributed by atoms with Crippen LogP contribution in [0.1, 0.15) is 32.2 Å². The molecule has 0 fully saturated rings. The van der Waals surface area contributed by atoms with E-state index < -0.39 is 0 Å². The normalized spacial score (nSPS) is 11.9. The summed E-state index contributed by atoms with van der Waals surface area (Å²) in [5.41, 5.74) is 1.21. The lowest BCUT2D eigenvalue weighted by Crippen LogP contribution is -2.22. The van der Waals surface area contributed by atoms with Gasteiger partial charge in [-0.3, -0.25) is 4.68 Å². The molecule has 0 aliphatic rings. The second-order valence-corrected chi connectivity index (χ2v) is 5.23. The van der Waals surface area contributed by atoms with Crippen molar-refractivity contribution in [1.29, 1.82) is 0 Å². The van der Waals surface area contributed by atoms with Crippen molar-refractivity contribution < 1.29 is 4.52 Å². The third-order valence-corrected chi connectivity index (χ3v) is 2.58. The first kappa shape index (κ1) is 12.8. The number of rotatable bonds is 5. The smallest absolute Gasteiger partial charge is 0.227 e. The fourth-order valence-corrected chi connectivity index (χ4v) is 1.55. The first-order valence-electron chi connectivity index (χ1n) is 6.06. The third-order valence-electron chi connectivity index (χ3n) is 2.58. The Hall–Kier alpha value is -1.69. The van der Waals surface area contributed by atoms with Crippen LogP contribution in [0.2, 0.25) is 0 Å². The molecule has 6 heteroatoms. The lowest BCUT2D eigenvalue weighted by molar-refractivity contribution is 0.355. The van der Waals surface area contributed by atoms with E-state index in [1.54, 1.807) is 0 Å². The minimum Gasteiger partial charge on any atom is -0.340 e. The van der Waals surface area contributed by atoms with E-state index in [-0.39, 0.29) is 5.54 Å². The van der Waals surface area contributed by atoms with Gasteiger partial charge in [0, 0.05) is 31.3 Å². The van der Waals surface area contributed by atoms with Gasteiger partial charge in [0.15, 0.2) is 6.33 Å². The van der Waals surface area contributed by atoms with Crippen LogP contribution in [0, 0.1) is 0 Å². The second-order valence-electron chi connectivity index (χ2n) is 5.23. The Morgan fingerprint density at radius 3 is 2.83 bits per heavy atom. The van der Waals surface area contributed by atoms with E-state index >= 15 is 0 Å². The van der Waals surface area contributed by atoms with Gasteiger partial charge >= 0.3 is 0 Å². The molecule has 18 heavy (non-hydrogen) atoms. The Labute approximate surface area is 106 Å². The third kappa shape index (κ3) is 3.40. The Balaban J connectivity index is 1.75. The molecule has 2 heterocycles. The average Bonchev–Trinajstić information content (AvgIpc) is 2.95. The molecular weight excluding hydrogens is 230 g/mol. The van der Waals surface area contributed by atoms with Crippen LogP contribution in [0.4, 0.5) is 0 Å². The Kier molecular flexibility index (Phi) is 3.76. The van der Waals surface area contributed by atoms with Crippen LogP contribution in [0.3, 0.4) is 0 Å². The quantitative estimate of drug-likeness (QED) is 0.810. The first-order valence-corrected chi connectivity index (χ1v) is 6.06. The van der Waals surface area contributed by atoms with Gasteiger partial charge in [-0.25, -0.2) is 0 Å². The zero-order valence-corrected chi connectivity index (χ0v) is 11.1. The van der Waals surface area contributed by atoms with Crippen molar-refractivity contribution in [3.8, 4) is 0 Å². The highest BCUT2D eigenvalue weighted by molar-refractivity contribution is 5.04. The largest absolute Gasteiger partial charge is 0.340 e. The van der Waals surface area contributed by atoms with Gasteiger partial charge in [-0.1, -0.05) is 5.16 Å². The van der Waals surface area contributed by atoms with Gasteiger partial charge in [-0.05, 0) is 20.8 Å². The molecule has 0 aliphatic carbocycles. The summed E-state index contributed by atoms with van der Waals surface area (Å²) in [6.45, 7) is 8.00. The summed E-state index contributed by atoms with van der Waals surface area (Å²) in [5.74, 6) is 0.660. The average molecular weight is 249 g/mol. The van der Waals surface area contributed by atoms with Crippen molar-refractivity contribution in [3.05, 3.63) is 30.2 Å². The molecule has 0 unspecified atom stereocenters. The van der Waals surface area contributed by atoms with Gasteiger partial charge in [0.1, 0.15) is 0 Å². The van der Waals surface area contributed by atoms with E-state index in [2.05, 4.69) is 47.5 Å². The van der Waals surface area contributed by atoms with Gasteiger partial charge < -0.3 is 9.84 Å². The highest BCUT2D eigenvalue weighted by Crippen LogP contribution is 2.12. The van der Waals surface area contributed by atoms with E-state index in [9.17, 15) is 0 Å². The number of aromatic nitrogens is 4. The molecule has 1 N–H and O–H groups in total. The minimum absolute atomic E-state index is 0.0298. The van der Waals surface area contributed by atoms with Crippen LogP contribution in [0.15, 0.2) is 23.2 Å². The topological polar surface area (TPSA) is 68.8 Å².